The largest absolute Gasteiger partial charge is 0.493 e. The van der Waals surface area contributed by atoms with Gasteiger partial charge in [0.2, 0.25) is 0 Å². The average molecular weight is 289 g/mol. The van der Waals surface area contributed by atoms with Crippen LogP contribution < -0.4 is 15.2 Å². The van der Waals surface area contributed by atoms with E-state index in [0.29, 0.717) is 0 Å². The summed E-state index contributed by atoms with van der Waals surface area (Å²) in [6.45, 7) is 2.08. The van der Waals surface area contributed by atoms with Crippen LogP contribution in [0.1, 0.15) is 11.1 Å². The molecule has 2 N–H and O–H groups in total. The van der Waals surface area contributed by atoms with E-state index < -0.39 is 0 Å². The molecule has 4 heteroatoms. The maximum atomic E-state index is 5.79. The molecule has 0 aliphatic heterocycles. The van der Waals surface area contributed by atoms with Crippen molar-refractivity contribution < 1.29 is 9.47 Å². The molecule has 0 bridgehead atoms. The van der Waals surface area contributed by atoms with Crippen LogP contribution in [0.15, 0.2) is 41.3 Å². The van der Waals surface area contributed by atoms with Crippen LogP contribution in [0, 0.1) is 6.92 Å². The first-order valence-corrected chi connectivity index (χ1v) is 7.32. The smallest absolute Gasteiger partial charge is 0.161 e. The van der Waals surface area contributed by atoms with Crippen LogP contribution in [0.5, 0.6) is 11.5 Å². The molecule has 20 heavy (non-hydrogen) atoms. The van der Waals surface area contributed by atoms with Gasteiger partial charge in [-0.05, 0) is 48.4 Å². The Hall–Kier alpha value is -1.81. The van der Waals surface area contributed by atoms with Gasteiger partial charge in [-0.1, -0.05) is 6.07 Å². The second-order valence-corrected chi connectivity index (χ2v) is 5.54. The molecule has 2 rings (SSSR count). The van der Waals surface area contributed by atoms with Gasteiger partial charge in [0.15, 0.2) is 11.5 Å². The minimum atomic E-state index is 0.765. The lowest BCUT2D eigenvalue weighted by molar-refractivity contribution is 0.354. The highest BCUT2D eigenvalue weighted by atomic mass is 32.2. The Kier molecular flexibility index (Phi) is 4.79. The maximum Gasteiger partial charge on any atom is 0.161 e. The number of thioether (sulfide) groups is 1. The minimum absolute atomic E-state index is 0.765. The zero-order valence-corrected chi connectivity index (χ0v) is 12.8. The molecule has 0 atom stereocenters. The summed E-state index contributed by atoms with van der Waals surface area (Å²) in [5.74, 6) is 2.40. The second-order valence-electron chi connectivity index (χ2n) is 4.49. The number of hydrogen-bond donors (Lipinski definition) is 1. The number of nitrogen functional groups attached to an aromatic ring is 1. The molecule has 0 amide bonds. The van der Waals surface area contributed by atoms with Crippen molar-refractivity contribution in [1.29, 1.82) is 0 Å². The van der Waals surface area contributed by atoms with Gasteiger partial charge in [-0.15, -0.1) is 11.8 Å². The van der Waals surface area contributed by atoms with E-state index in [2.05, 4.69) is 13.0 Å². The topological polar surface area (TPSA) is 44.5 Å². The molecule has 0 saturated heterocycles. The first-order valence-electron chi connectivity index (χ1n) is 6.34. The molecule has 0 unspecified atom stereocenters. The van der Waals surface area contributed by atoms with Crippen molar-refractivity contribution in [3.8, 4) is 11.5 Å². The van der Waals surface area contributed by atoms with Crippen molar-refractivity contribution in [2.45, 2.75) is 17.6 Å². The summed E-state index contributed by atoms with van der Waals surface area (Å²) in [5, 5.41) is 0. The Morgan fingerprint density at radius 1 is 1.05 bits per heavy atom. The third-order valence-electron chi connectivity index (χ3n) is 3.09. The zero-order chi connectivity index (χ0) is 14.5. The molecular weight excluding hydrogens is 270 g/mol. The van der Waals surface area contributed by atoms with E-state index in [1.165, 1.54) is 16.0 Å². The van der Waals surface area contributed by atoms with Gasteiger partial charge in [0.25, 0.3) is 0 Å². The molecule has 0 radical (unpaired) electrons. The SMILES string of the molecule is COc1cc(C)c(CSc2cccc(N)c2)cc1OC. The summed E-state index contributed by atoms with van der Waals surface area (Å²) in [5.41, 5.74) is 9.01. The lowest BCUT2D eigenvalue weighted by Crippen LogP contribution is -1.95. The molecule has 0 saturated carbocycles. The molecule has 0 aromatic heterocycles. The van der Waals surface area contributed by atoms with Gasteiger partial charge in [0.1, 0.15) is 0 Å². The Morgan fingerprint density at radius 3 is 2.40 bits per heavy atom. The zero-order valence-electron chi connectivity index (χ0n) is 12.0. The molecular formula is C16H19NO2S. The number of aryl methyl sites for hydroxylation is 1. The first kappa shape index (κ1) is 14.6. The van der Waals surface area contributed by atoms with E-state index in [4.69, 9.17) is 15.2 Å². The lowest BCUT2D eigenvalue weighted by atomic mass is 10.1. The minimum Gasteiger partial charge on any atom is -0.493 e. The molecule has 0 aliphatic rings. The van der Waals surface area contributed by atoms with E-state index in [1.54, 1.807) is 26.0 Å². The molecule has 3 nitrogen and oxygen atoms in total. The molecule has 0 spiro atoms. The average Bonchev–Trinajstić information content (AvgIpc) is 2.45. The third-order valence-corrected chi connectivity index (χ3v) is 4.14. The summed E-state index contributed by atoms with van der Waals surface area (Å²) < 4.78 is 10.7. The van der Waals surface area contributed by atoms with Gasteiger partial charge in [0, 0.05) is 16.3 Å². The van der Waals surface area contributed by atoms with Crippen LogP contribution in [-0.2, 0) is 5.75 Å². The maximum absolute atomic E-state index is 5.79. The fourth-order valence-electron chi connectivity index (χ4n) is 1.94. The van der Waals surface area contributed by atoms with Crippen molar-refractivity contribution in [3.63, 3.8) is 0 Å². The summed E-state index contributed by atoms with van der Waals surface area (Å²) in [6.07, 6.45) is 0. The number of nitrogens with two attached hydrogens (primary N) is 1. The number of hydrogen-bond acceptors (Lipinski definition) is 4. The highest BCUT2D eigenvalue weighted by Gasteiger charge is 2.09. The molecule has 2 aromatic carbocycles. The first-order chi connectivity index (χ1) is 9.63. The molecule has 106 valence electrons. The van der Waals surface area contributed by atoms with Gasteiger partial charge in [-0.25, -0.2) is 0 Å². The summed E-state index contributed by atoms with van der Waals surface area (Å²) in [4.78, 5) is 1.17. The molecule has 2 aromatic rings. The molecule has 0 fully saturated rings. The normalized spacial score (nSPS) is 10.3. The number of benzene rings is 2. The van der Waals surface area contributed by atoms with Gasteiger partial charge in [-0.2, -0.15) is 0 Å². The summed E-state index contributed by atoms with van der Waals surface area (Å²) in [7, 11) is 3.31. The van der Waals surface area contributed by atoms with Crippen LogP contribution in [0.4, 0.5) is 5.69 Å². The summed E-state index contributed by atoms with van der Waals surface area (Å²) in [6, 6.07) is 12.0. The van der Waals surface area contributed by atoms with Crippen molar-refractivity contribution in [2.75, 3.05) is 20.0 Å². The third kappa shape index (κ3) is 3.39. The van der Waals surface area contributed by atoms with Gasteiger partial charge in [0.05, 0.1) is 14.2 Å². The van der Waals surface area contributed by atoms with Crippen LogP contribution in [-0.4, -0.2) is 14.2 Å². The lowest BCUT2D eigenvalue weighted by Gasteiger charge is -2.12. The van der Waals surface area contributed by atoms with Crippen molar-refractivity contribution in [3.05, 3.63) is 47.5 Å². The van der Waals surface area contributed by atoms with Crippen LogP contribution in [0.3, 0.4) is 0 Å². The van der Waals surface area contributed by atoms with E-state index in [9.17, 15) is 0 Å². The number of rotatable bonds is 5. The van der Waals surface area contributed by atoms with Gasteiger partial charge >= 0.3 is 0 Å². The predicted molar refractivity (Wildman–Crippen MR) is 84.7 cm³/mol. The van der Waals surface area contributed by atoms with Gasteiger partial charge in [-0.3, -0.25) is 0 Å². The quantitative estimate of drug-likeness (QED) is 0.670. The van der Waals surface area contributed by atoms with Crippen molar-refractivity contribution >= 4 is 17.4 Å². The van der Waals surface area contributed by atoms with Crippen molar-refractivity contribution in [1.82, 2.24) is 0 Å². The highest BCUT2D eigenvalue weighted by molar-refractivity contribution is 7.98. The Bertz CT molecular complexity index is 599. The monoisotopic (exact) mass is 289 g/mol. The Labute approximate surface area is 124 Å². The summed E-state index contributed by atoms with van der Waals surface area (Å²) >= 11 is 1.76. The standard InChI is InChI=1S/C16H19NO2S/c1-11-7-15(18-2)16(19-3)8-12(11)10-20-14-6-4-5-13(17)9-14/h4-9H,10,17H2,1-3H3. The Balaban J connectivity index is 2.17. The van der Waals surface area contributed by atoms with E-state index in [-0.39, 0.29) is 0 Å². The Morgan fingerprint density at radius 2 is 1.75 bits per heavy atom. The van der Waals surface area contributed by atoms with Crippen LogP contribution in [0.2, 0.25) is 0 Å². The number of methoxy groups -OCH3 is 2. The van der Waals surface area contributed by atoms with Crippen molar-refractivity contribution in [2.24, 2.45) is 0 Å². The molecule has 0 heterocycles. The van der Waals surface area contributed by atoms with E-state index >= 15 is 0 Å². The van der Waals surface area contributed by atoms with Gasteiger partial charge < -0.3 is 15.2 Å². The van der Waals surface area contributed by atoms with E-state index in [0.717, 1.165) is 22.9 Å². The van der Waals surface area contributed by atoms with E-state index in [1.807, 2.05) is 30.3 Å². The van der Waals surface area contributed by atoms with Crippen LogP contribution in [0.25, 0.3) is 0 Å². The molecule has 0 aliphatic carbocycles. The second kappa shape index (κ2) is 6.57. The number of ether oxygens (including phenoxy) is 2. The number of anilines is 1. The fraction of sp³-hybridized carbons (Fsp3) is 0.250. The predicted octanol–water partition coefficient (Wildman–Crippen LogP) is 3.89. The highest BCUT2D eigenvalue weighted by Crippen LogP contribution is 2.33. The van der Waals surface area contributed by atoms with Crippen LogP contribution >= 0.6 is 11.8 Å². The fourth-order valence-corrected chi connectivity index (χ4v) is 2.97.